The quantitative estimate of drug-likeness (QED) is 0.243. The number of anilines is 1. The van der Waals surface area contributed by atoms with Crippen molar-refractivity contribution in [3.63, 3.8) is 0 Å². The molecule has 0 N–H and O–H groups in total. The summed E-state index contributed by atoms with van der Waals surface area (Å²) in [4.78, 5) is 22.5. The number of ether oxygens (including phenoxy) is 2. The molecule has 4 aromatic rings. The number of hydrogen-bond acceptors (Lipinski definition) is 6. The molecule has 3 aromatic carbocycles. The largest absolute Gasteiger partial charge is 0.494 e. The highest BCUT2D eigenvalue weighted by molar-refractivity contribution is 7.22. The summed E-state index contributed by atoms with van der Waals surface area (Å²) in [5, 5.41) is 0.668. The lowest BCUT2D eigenvalue weighted by molar-refractivity contribution is 0.0983. The van der Waals surface area contributed by atoms with Crippen LogP contribution in [0.4, 0.5) is 5.13 Å². The van der Waals surface area contributed by atoms with Crippen LogP contribution in [0.1, 0.15) is 24.2 Å². The van der Waals surface area contributed by atoms with Crippen molar-refractivity contribution < 1.29 is 14.3 Å². The maximum atomic E-state index is 13.6. The first-order valence-corrected chi connectivity index (χ1v) is 12.2. The fraction of sp³-hybridized carbons (Fsp3) is 0.259. The maximum Gasteiger partial charge on any atom is 0.260 e. The number of rotatable bonds is 10. The van der Waals surface area contributed by atoms with Gasteiger partial charge in [0, 0.05) is 18.7 Å². The number of fused-ring (bicyclic) bond motifs is 1. The first kappa shape index (κ1) is 26.5. The van der Waals surface area contributed by atoms with Crippen LogP contribution in [0.25, 0.3) is 10.2 Å². The van der Waals surface area contributed by atoms with Gasteiger partial charge >= 0.3 is 0 Å². The molecule has 0 aliphatic heterocycles. The summed E-state index contributed by atoms with van der Waals surface area (Å²) >= 11 is 1.50. The summed E-state index contributed by atoms with van der Waals surface area (Å²) in [5.74, 6) is 2.06. The average molecular weight is 512 g/mol. The molecule has 0 fully saturated rings. The predicted octanol–water partition coefficient (Wildman–Crippen LogP) is 6.51. The monoisotopic (exact) mass is 511 g/mol. The Morgan fingerprint density at radius 1 is 0.886 bits per heavy atom. The van der Waals surface area contributed by atoms with E-state index in [0.717, 1.165) is 35.6 Å². The lowest BCUT2D eigenvalue weighted by Gasteiger charge is -2.24. The van der Waals surface area contributed by atoms with Crippen LogP contribution in [0, 0.1) is 0 Å². The van der Waals surface area contributed by atoms with Gasteiger partial charge in [0.2, 0.25) is 0 Å². The normalized spacial score (nSPS) is 10.7. The fourth-order valence-electron chi connectivity index (χ4n) is 3.70. The second-order valence-electron chi connectivity index (χ2n) is 7.73. The second kappa shape index (κ2) is 12.5. The number of benzene rings is 3. The summed E-state index contributed by atoms with van der Waals surface area (Å²) in [7, 11) is 1.64. The predicted molar refractivity (Wildman–Crippen MR) is 146 cm³/mol. The van der Waals surface area contributed by atoms with Gasteiger partial charge in [-0.25, -0.2) is 4.98 Å². The van der Waals surface area contributed by atoms with Gasteiger partial charge in [0.15, 0.2) is 5.13 Å². The number of hydrogen-bond donors (Lipinski definition) is 0. The SMILES string of the molecule is CCN(CC)CCN(C(=O)c1ccc(Oc2ccccc2)cc1)c1nc2c(OC)cccc2s1.Cl. The van der Waals surface area contributed by atoms with Crippen molar-refractivity contribution in [1.82, 2.24) is 9.88 Å². The number of amides is 1. The van der Waals surface area contributed by atoms with Gasteiger partial charge < -0.3 is 14.4 Å². The number of thiazole rings is 1. The molecular weight excluding hydrogens is 482 g/mol. The van der Waals surface area contributed by atoms with Crippen molar-refractivity contribution in [2.75, 3.05) is 38.2 Å². The van der Waals surface area contributed by atoms with Crippen molar-refractivity contribution in [2.24, 2.45) is 0 Å². The van der Waals surface area contributed by atoms with E-state index in [0.29, 0.717) is 28.7 Å². The molecule has 0 unspecified atom stereocenters. The first-order valence-electron chi connectivity index (χ1n) is 11.4. The van der Waals surface area contributed by atoms with Crippen molar-refractivity contribution in [3.05, 3.63) is 78.4 Å². The summed E-state index contributed by atoms with van der Waals surface area (Å²) in [6.07, 6.45) is 0. The zero-order valence-electron chi connectivity index (χ0n) is 20.1. The highest BCUT2D eigenvalue weighted by Gasteiger charge is 2.23. The smallest absolute Gasteiger partial charge is 0.260 e. The number of nitrogens with zero attached hydrogens (tertiary/aromatic N) is 3. The van der Waals surface area contributed by atoms with E-state index < -0.39 is 0 Å². The minimum Gasteiger partial charge on any atom is -0.494 e. The first-order chi connectivity index (χ1) is 16.6. The van der Waals surface area contributed by atoms with E-state index in [2.05, 4.69) is 18.7 Å². The Morgan fingerprint density at radius 3 is 2.23 bits per heavy atom. The Hall–Kier alpha value is -3.13. The summed E-state index contributed by atoms with van der Waals surface area (Å²) in [6.45, 7) is 7.43. The summed E-state index contributed by atoms with van der Waals surface area (Å²) in [6, 6.07) is 22.7. The third kappa shape index (κ3) is 6.31. The molecule has 1 heterocycles. The highest BCUT2D eigenvalue weighted by atomic mass is 35.5. The van der Waals surface area contributed by atoms with E-state index in [4.69, 9.17) is 14.5 Å². The highest BCUT2D eigenvalue weighted by Crippen LogP contribution is 2.34. The number of methoxy groups -OCH3 is 1. The van der Waals surface area contributed by atoms with Gasteiger partial charge in [-0.3, -0.25) is 9.69 Å². The molecule has 0 bridgehead atoms. The van der Waals surface area contributed by atoms with E-state index in [-0.39, 0.29) is 18.3 Å². The van der Waals surface area contributed by atoms with Gasteiger partial charge in [0.05, 0.1) is 11.8 Å². The Bertz CT molecular complexity index is 1230. The average Bonchev–Trinajstić information content (AvgIpc) is 3.31. The molecule has 0 spiro atoms. The number of carbonyl (C=O) groups excluding carboxylic acids is 1. The van der Waals surface area contributed by atoms with Gasteiger partial charge in [-0.15, -0.1) is 12.4 Å². The van der Waals surface area contributed by atoms with Crippen molar-refractivity contribution in [1.29, 1.82) is 0 Å². The van der Waals surface area contributed by atoms with E-state index in [9.17, 15) is 4.79 Å². The third-order valence-corrected chi connectivity index (χ3v) is 6.72. The van der Waals surface area contributed by atoms with Crippen LogP contribution < -0.4 is 14.4 Å². The molecule has 1 aromatic heterocycles. The molecule has 8 heteroatoms. The van der Waals surface area contributed by atoms with Crippen LogP contribution in [0.5, 0.6) is 17.2 Å². The zero-order chi connectivity index (χ0) is 23.9. The molecule has 6 nitrogen and oxygen atoms in total. The van der Waals surface area contributed by atoms with Gasteiger partial charge in [0.1, 0.15) is 22.8 Å². The number of halogens is 1. The second-order valence-corrected chi connectivity index (χ2v) is 8.74. The minimum atomic E-state index is -0.0866. The Labute approximate surface area is 216 Å². The minimum absolute atomic E-state index is 0. The van der Waals surface area contributed by atoms with Crippen LogP contribution >= 0.6 is 23.7 Å². The Kier molecular flexibility index (Phi) is 9.48. The standard InChI is InChI=1S/C27H29N3O3S.ClH/c1-4-29(5-2)18-19-30(27-28-25-23(32-3)12-9-13-24(25)34-27)26(31)20-14-16-22(17-15-20)33-21-10-7-6-8-11-21;/h6-17H,4-5,18-19H2,1-3H3;1H. The summed E-state index contributed by atoms with van der Waals surface area (Å²) in [5.41, 5.74) is 1.36. The molecular formula is C27H30ClN3O3S. The van der Waals surface area contributed by atoms with E-state index in [1.165, 1.54) is 11.3 Å². The van der Waals surface area contributed by atoms with Gasteiger partial charge in [-0.2, -0.15) is 0 Å². The van der Waals surface area contributed by atoms with E-state index in [1.54, 1.807) is 24.1 Å². The Balaban J connectivity index is 0.00000342. The number of carbonyl (C=O) groups is 1. The van der Waals surface area contributed by atoms with Gasteiger partial charge in [0.25, 0.3) is 5.91 Å². The molecule has 4 rings (SSSR count). The molecule has 0 saturated heterocycles. The lowest BCUT2D eigenvalue weighted by atomic mass is 10.2. The third-order valence-electron chi connectivity index (χ3n) is 5.68. The molecule has 0 radical (unpaired) electrons. The van der Waals surface area contributed by atoms with E-state index >= 15 is 0 Å². The topological polar surface area (TPSA) is 54.9 Å². The fourth-order valence-corrected chi connectivity index (χ4v) is 4.71. The van der Waals surface area contributed by atoms with Crippen LogP contribution in [0.2, 0.25) is 0 Å². The van der Waals surface area contributed by atoms with Crippen LogP contribution in [-0.4, -0.2) is 49.1 Å². The molecule has 184 valence electrons. The van der Waals surface area contributed by atoms with Crippen molar-refractivity contribution in [2.45, 2.75) is 13.8 Å². The maximum absolute atomic E-state index is 13.6. The van der Waals surface area contributed by atoms with Crippen LogP contribution in [0.15, 0.2) is 72.8 Å². The zero-order valence-corrected chi connectivity index (χ0v) is 21.8. The molecule has 35 heavy (non-hydrogen) atoms. The molecule has 1 amide bonds. The van der Waals surface area contributed by atoms with Crippen LogP contribution in [0.3, 0.4) is 0 Å². The van der Waals surface area contributed by atoms with E-state index in [1.807, 2.05) is 60.7 Å². The van der Waals surface area contributed by atoms with Crippen molar-refractivity contribution >= 4 is 45.0 Å². The number of aromatic nitrogens is 1. The van der Waals surface area contributed by atoms with Crippen LogP contribution in [-0.2, 0) is 0 Å². The lowest BCUT2D eigenvalue weighted by Crippen LogP contribution is -2.38. The van der Waals surface area contributed by atoms with Gasteiger partial charge in [-0.05, 0) is 61.6 Å². The van der Waals surface area contributed by atoms with Gasteiger partial charge in [-0.1, -0.05) is 49.4 Å². The number of likely N-dealkylation sites (N-methyl/N-ethyl adjacent to an activating group) is 1. The summed E-state index contributed by atoms with van der Waals surface area (Å²) < 4.78 is 12.3. The Morgan fingerprint density at radius 2 is 1.57 bits per heavy atom. The molecule has 0 saturated carbocycles. The van der Waals surface area contributed by atoms with Crippen molar-refractivity contribution in [3.8, 4) is 17.2 Å². The number of para-hydroxylation sites is 2. The molecule has 0 aliphatic carbocycles. The molecule has 0 aliphatic rings. The molecule has 0 atom stereocenters.